The molecule has 0 amide bonds. The van der Waals surface area contributed by atoms with Crippen LogP contribution in [0.1, 0.15) is 58.8 Å². The summed E-state index contributed by atoms with van der Waals surface area (Å²) in [6.45, 7) is 8.62. The summed E-state index contributed by atoms with van der Waals surface area (Å²) in [5.41, 5.74) is 7.06. The Morgan fingerprint density at radius 3 is 2.38 bits per heavy atom. The Balaban J connectivity index is 1.73. The van der Waals surface area contributed by atoms with E-state index in [4.69, 9.17) is 5.73 Å². The molecule has 0 spiro atoms. The van der Waals surface area contributed by atoms with Gasteiger partial charge in [0.2, 0.25) is 0 Å². The Morgan fingerprint density at radius 2 is 1.75 bits per heavy atom. The van der Waals surface area contributed by atoms with Crippen LogP contribution in [0.4, 0.5) is 0 Å². The number of hydrogen-bond donors (Lipinski definition) is 1. The van der Waals surface area contributed by atoms with Crippen molar-refractivity contribution in [3.63, 3.8) is 0 Å². The first-order valence-corrected chi connectivity index (χ1v) is 7.01. The molecule has 94 valence electrons. The first-order valence-electron chi connectivity index (χ1n) is 7.01. The minimum Gasteiger partial charge on any atom is -0.325 e. The van der Waals surface area contributed by atoms with Crippen LogP contribution in [0.2, 0.25) is 0 Å². The van der Waals surface area contributed by atoms with Gasteiger partial charge in [-0.2, -0.15) is 0 Å². The Hall–Kier alpha value is -0.0800. The quantitative estimate of drug-likeness (QED) is 0.798. The lowest BCUT2D eigenvalue weighted by Gasteiger charge is -2.39. The standard InChI is InChI=1S/C14H28N2/c1-13(2)5-4-10-16(11-8-13)12-9-14(15)6-3-7-14/h3-12,15H2,1-2H3. The third-order valence-electron chi connectivity index (χ3n) is 4.71. The van der Waals surface area contributed by atoms with Crippen molar-refractivity contribution in [3.05, 3.63) is 0 Å². The lowest BCUT2D eigenvalue weighted by Crippen LogP contribution is -2.48. The van der Waals surface area contributed by atoms with Crippen molar-refractivity contribution in [2.75, 3.05) is 19.6 Å². The SMILES string of the molecule is CC1(C)CCCN(CCC2(N)CCC2)CC1. The van der Waals surface area contributed by atoms with Crippen LogP contribution in [0.3, 0.4) is 0 Å². The van der Waals surface area contributed by atoms with Gasteiger partial charge < -0.3 is 10.6 Å². The lowest BCUT2D eigenvalue weighted by molar-refractivity contribution is 0.180. The third kappa shape index (κ3) is 3.21. The maximum absolute atomic E-state index is 6.29. The predicted molar refractivity (Wildman–Crippen MR) is 69.5 cm³/mol. The van der Waals surface area contributed by atoms with Crippen molar-refractivity contribution in [2.45, 2.75) is 64.3 Å². The van der Waals surface area contributed by atoms with Crippen LogP contribution >= 0.6 is 0 Å². The number of rotatable bonds is 3. The average Bonchev–Trinajstić information content (AvgIpc) is 2.34. The van der Waals surface area contributed by atoms with Gasteiger partial charge in [0.1, 0.15) is 0 Å². The molecule has 2 fully saturated rings. The molecule has 0 radical (unpaired) electrons. The second-order valence-electron chi connectivity index (χ2n) is 6.83. The van der Waals surface area contributed by atoms with E-state index >= 15 is 0 Å². The molecule has 2 N–H and O–H groups in total. The van der Waals surface area contributed by atoms with Crippen molar-refractivity contribution < 1.29 is 0 Å². The highest BCUT2D eigenvalue weighted by molar-refractivity contribution is 4.93. The molecular weight excluding hydrogens is 196 g/mol. The van der Waals surface area contributed by atoms with Crippen LogP contribution in [0.25, 0.3) is 0 Å². The van der Waals surface area contributed by atoms with Crippen LogP contribution in [0, 0.1) is 5.41 Å². The molecule has 1 heterocycles. The highest BCUT2D eigenvalue weighted by Crippen LogP contribution is 2.33. The molecule has 1 saturated heterocycles. The van der Waals surface area contributed by atoms with Crippen molar-refractivity contribution in [1.29, 1.82) is 0 Å². The molecular formula is C14H28N2. The number of nitrogens with two attached hydrogens (primary N) is 1. The zero-order valence-corrected chi connectivity index (χ0v) is 11.1. The van der Waals surface area contributed by atoms with Gasteiger partial charge >= 0.3 is 0 Å². The van der Waals surface area contributed by atoms with Crippen LogP contribution < -0.4 is 5.73 Å². The molecule has 0 aromatic heterocycles. The highest BCUT2D eigenvalue weighted by atomic mass is 15.1. The number of hydrogen-bond acceptors (Lipinski definition) is 2. The normalized spacial score (nSPS) is 29.4. The summed E-state index contributed by atoms with van der Waals surface area (Å²) >= 11 is 0. The van der Waals surface area contributed by atoms with Crippen LogP contribution in [0.15, 0.2) is 0 Å². The summed E-state index contributed by atoms with van der Waals surface area (Å²) in [6, 6.07) is 0. The van der Waals surface area contributed by atoms with E-state index < -0.39 is 0 Å². The summed E-state index contributed by atoms with van der Waals surface area (Å²) < 4.78 is 0. The number of likely N-dealkylation sites (tertiary alicyclic amines) is 1. The Bertz CT molecular complexity index is 231. The maximum Gasteiger partial charge on any atom is 0.0166 e. The summed E-state index contributed by atoms with van der Waals surface area (Å²) in [5.74, 6) is 0. The fraction of sp³-hybridized carbons (Fsp3) is 1.00. The monoisotopic (exact) mass is 224 g/mol. The van der Waals surface area contributed by atoms with Gasteiger partial charge in [0, 0.05) is 5.54 Å². The van der Waals surface area contributed by atoms with Gasteiger partial charge in [-0.15, -0.1) is 0 Å². The van der Waals surface area contributed by atoms with Crippen LogP contribution in [-0.4, -0.2) is 30.1 Å². The smallest absolute Gasteiger partial charge is 0.0166 e. The van der Waals surface area contributed by atoms with Gasteiger partial charge in [0.25, 0.3) is 0 Å². The molecule has 0 aromatic carbocycles. The Morgan fingerprint density at radius 1 is 1.00 bits per heavy atom. The van der Waals surface area contributed by atoms with E-state index in [1.165, 1.54) is 64.6 Å². The number of nitrogens with zero attached hydrogens (tertiary/aromatic N) is 1. The lowest BCUT2D eigenvalue weighted by atomic mass is 9.75. The van der Waals surface area contributed by atoms with Crippen LogP contribution in [-0.2, 0) is 0 Å². The van der Waals surface area contributed by atoms with Gasteiger partial charge in [-0.05, 0) is 70.0 Å². The van der Waals surface area contributed by atoms with E-state index in [0.29, 0.717) is 5.41 Å². The van der Waals surface area contributed by atoms with E-state index in [2.05, 4.69) is 18.7 Å². The zero-order chi connectivity index (χ0) is 11.6. The first-order chi connectivity index (χ1) is 7.49. The molecule has 0 bridgehead atoms. The average molecular weight is 224 g/mol. The van der Waals surface area contributed by atoms with Crippen molar-refractivity contribution in [2.24, 2.45) is 11.1 Å². The van der Waals surface area contributed by atoms with Gasteiger partial charge in [-0.3, -0.25) is 0 Å². The molecule has 0 atom stereocenters. The van der Waals surface area contributed by atoms with Gasteiger partial charge in [-0.25, -0.2) is 0 Å². The topological polar surface area (TPSA) is 29.3 Å². The first kappa shape index (κ1) is 12.4. The van der Waals surface area contributed by atoms with Crippen molar-refractivity contribution in [1.82, 2.24) is 4.90 Å². The fourth-order valence-corrected chi connectivity index (χ4v) is 2.96. The molecule has 0 unspecified atom stereocenters. The summed E-state index contributed by atoms with van der Waals surface area (Å²) in [5, 5.41) is 0. The van der Waals surface area contributed by atoms with E-state index in [0.717, 1.165) is 0 Å². The molecule has 0 aromatic rings. The molecule has 2 nitrogen and oxygen atoms in total. The van der Waals surface area contributed by atoms with Gasteiger partial charge in [-0.1, -0.05) is 13.8 Å². The summed E-state index contributed by atoms with van der Waals surface area (Å²) in [4.78, 5) is 2.64. The third-order valence-corrected chi connectivity index (χ3v) is 4.71. The molecule has 1 aliphatic carbocycles. The summed E-state index contributed by atoms with van der Waals surface area (Å²) in [7, 11) is 0. The second kappa shape index (κ2) is 4.66. The van der Waals surface area contributed by atoms with E-state index in [1.807, 2.05) is 0 Å². The van der Waals surface area contributed by atoms with Gasteiger partial charge in [0.15, 0.2) is 0 Å². The van der Waals surface area contributed by atoms with E-state index in [1.54, 1.807) is 0 Å². The summed E-state index contributed by atoms with van der Waals surface area (Å²) in [6.07, 6.45) is 9.18. The van der Waals surface area contributed by atoms with E-state index in [-0.39, 0.29) is 5.54 Å². The minimum absolute atomic E-state index is 0.210. The molecule has 16 heavy (non-hydrogen) atoms. The van der Waals surface area contributed by atoms with Crippen LogP contribution in [0.5, 0.6) is 0 Å². The molecule has 1 aliphatic heterocycles. The second-order valence-corrected chi connectivity index (χ2v) is 6.83. The van der Waals surface area contributed by atoms with Gasteiger partial charge in [0.05, 0.1) is 0 Å². The Labute approximate surface area is 101 Å². The minimum atomic E-state index is 0.210. The largest absolute Gasteiger partial charge is 0.325 e. The van der Waals surface area contributed by atoms with E-state index in [9.17, 15) is 0 Å². The predicted octanol–water partition coefficient (Wildman–Crippen LogP) is 2.77. The molecule has 1 saturated carbocycles. The fourth-order valence-electron chi connectivity index (χ4n) is 2.96. The van der Waals surface area contributed by atoms with Crippen molar-refractivity contribution in [3.8, 4) is 0 Å². The molecule has 2 aliphatic rings. The van der Waals surface area contributed by atoms with Crippen molar-refractivity contribution >= 4 is 0 Å². The zero-order valence-electron chi connectivity index (χ0n) is 11.1. The highest BCUT2D eigenvalue weighted by Gasteiger charge is 2.32. The molecule has 2 rings (SSSR count). The molecule has 2 heteroatoms. The Kier molecular flexibility index (Phi) is 3.60. The maximum atomic E-state index is 6.29.